The van der Waals surface area contributed by atoms with Gasteiger partial charge >= 0.3 is 0 Å². The van der Waals surface area contributed by atoms with E-state index in [9.17, 15) is 4.79 Å². The molecule has 6 heteroatoms. The molecule has 1 aromatic heterocycles. The highest BCUT2D eigenvalue weighted by Gasteiger charge is 2.32. The average molecular weight is 480 g/mol. The zero-order valence-corrected chi connectivity index (χ0v) is 18.9. The average Bonchev–Trinajstić information content (AvgIpc) is 2.96. The van der Waals surface area contributed by atoms with E-state index in [1.54, 1.807) is 12.4 Å². The van der Waals surface area contributed by atoms with Crippen molar-refractivity contribution in [2.45, 2.75) is 16.7 Å². The minimum atomic E-state index is 0.0562. The summed E-state index contributed by atoms with van der Waals surface area (Å²) >= 11 is 5.33. The van der Waals surface area contributed by atoms with E-state index in [1.165, 1.54) is 21.6 Å². The van der Waals surface area contributed by atoms with Crippen LogP contribution >= 0.6 is 27.7 Å². The van der Waals surface area contributed by atoms with Gasteiger partial charge in [0.1, 0.15) is 0 Å². The maximum absolute atomic E-state index is 12.9. The second-order valence-corrected chi connectivity index (χ2v) is 9.58. The van der Waals surface area contributed by atoms with Crippen molar-refractivity contribution in [1.82, 2.24) is 14.8 Å². The molecule has 0 saturated carbocycles. The predicted molar refractivity (Wildman–Crippen MR) is 124 cm³/mol. The van der Waals surface area contributed by atoms with Gasteiger partial charge < -0.3 is 4.90 Å². The summed E-state index contributed by atoms with van der Waals surface area (Å²) in [6.45, 7) is 3.15. The third kappa shape index (κ3) is 3.80. The molecule has 5 rings (SSSR count). The largest absolute Gasteiger partial charge is 0.336 e. The van der Waals surface area contributed by atoms with Gasteiger partial charge in [0, 0.05) is 53.7 Å². The van der Waals surface area contributed by atoms with Crippen LogP contribution in [-0.2, 0) is 5.75 Å². The van der Waals surface area contributed by atoms with Gasteiger partial charge in [0.05, 0.1) is 11.6 Å². The van der Waals surface area contributed by atoms with Gasteiger partial charge in [0.2, 0.25) is 0 Å². The fourth-order valence-electron chi connectivity index (χ4n) is 4.38. The van der Waals surface area contributed by atoms with Gasteiger partial charge in [-0.15, -0.1) is 11.8 Å². The molecule has 1 fully saturated rings. The van der Waals surface area contributed by atoms with Crippen LogP contribution in [0.25, 0.3) is 0 Å². The van der Waals surface area contributed by atoms with Gasteiger partial charge in [-0.2, -0.15) is 0 Å². The van der Waals surface area contributed by atoms with Crippen molar-refractivity contribution < 1.29 is 4.79 Å². The van der Waals surface area contributed by atoms with Gasteiger partial charge in [-0.05, 0) is 44.8 Å². The number of thioether (sulfide) groups is 1. The molecule has 2 aliphatic rings. The molecule has 0 aliphatic carbocycles. The Bertz CT molecular complexity index is 1030. The number of nitrogens with zero attached hydrogens (tertiary/aromatic N) is 3. The lowest BCUT2D eigenvalue weighted by atomic mass is 9.93. The molecular weight excluding hydrogens is 458 g/mol. The molecule has 1 atom stereocenters. The zero-order chi connectivity index (χ0) is 20.5. The summed E-state index contributed by atoms with van der Waals surface area (Å²) in [6.07, 6.45) is 3.35. The van der Waals surface area contributed by atoms with Crippen molar-refractivity contribution in [3.63, 3.8) is 0 Å². The van der Waals surface area contributed by atoms with Crippen LogP contribution in [0.2, 0.25) is 0 Å². The van der Waals surface area contributed by atoms with Crippen LogP contribution in [0, 0.1) is 0 Å². The molecule has 2 aromatic carbocycles. The quantitative estimate of drug-likeness (QED) is 0.518. The van der Waals surface area contributed by atoms with E-state index in [0.717, 1.165) is 36.4 Å². The van der Waals surface area contributed by atoms with Gasteiger partial charge in [0.15, 0.2) is 0 Å². The number of rotatable bonds is 2. The Morgan fingerprint density at radius 3 is 2.50 bits per heavy atom. The van der Waals surface area contributed by atoms with Crippen LogP contribution in [0.1, 0.15) is 33.1 Å². The summed E-state index contributed by atoms with van der Waals surface area (Å²) in [7, 11) is 0. The molecule has 0 N–H and O–H groups in total. The number of hydrogen-bond donors (Lipinski definition) is 0. The number of carbonyl (C=O) groups is 1. The lowest BCUT2D eigenvalue weighted by molar-refractivity contribution is 0.0595. The zero-order valence-electron chi connectivity index (χ0n) is 16.5. The molecular formula is C24H22BrN3OS. The minimum Gasteiger partial charge on any atom is -0.336 e. The van der Waals surface area contributed by atoms with Gasteiger partial charge in [-0.25, -0.2) is 0 Å². The van der Waals surface area contributed by atoms with Crippen LogP contribution in [-0.4, -0.2) is 46.9 Å². The minimum absolute atomic E-state index is 0.0562. The number of amides is 1. The van der Waals surface area contributed by atoms with Crippen molar-refractivity contribution >= 4 is 33.6 Å². The van der Waals surface area contributed by atoms with Gasteiger partial charge in [-0.1, -0.05) is 42.5 Å². The fourth-order valence-corrected chi connectivity index (χ4v) is 5.84. The van der Waals surface area contributed by atoms with Crippen LogP contribution in [0.5, 0.6) is 0 Å². The molecule has 0 bridgehead atoms. The van der Waals surface area contributed by atoms with Gasteiger partial charge in [0.25, 0.3) is 5.91 Å². The number of benzene rings is 2. The highest BCUT2D eigenvalue weighted by atomic mass is 79.9. The van der Waals surface area contributed by atoms with E-state index in [1.807, 2.05) is 22.7 Å². The summed E-state index contributed by atoms with van der Waals surface area (Å²) in [6, 6.07) is 19.6. The fraction of sp³-hybridized carbons (Fsp3) is 0.250. The Morgan fingerprint density at radius 2 is 1.70 bits per heavy atom. The Morgan fingerprint density at radius 1 is 0.967 bits per heavy atom. The summed E-state index contributed by atoms with van der Waals surface area (Å²) in [5.41, 5.74) is 4.82. The molecule has 1 saturated heterocycles. The van der Waals surface area contributed by atoms with Crippen molar-refractivity contribution in [2.24, 2.45) is 0 Å². The van der Waals surface area contributed by atoms with E-state index in [0.29, 0.717) is 5.56 Å². The predicted octanol–water partition coefficient (Wildman–Crippen LogP) is 5.00. The standard InChI is InChI=1S/C24H22BrN3OS/c25-19-13-18(14-26-15-19)24(29)28-11-9-27(10-12-28)23-20-6-2-1-5-17(20)16-30-22-8-4-3-7-21(22)23/h1-8,13-15,23H,9-12,16H2. The normalized spacial score (nSPS) is 19.0. The SMILES string of the molecule is O=C(c1cncc(Br)c1)N1CCN(C2c3ccccc3CSc3ccccc32)CC1. The summed E-state index contributed by atoms with van der Waals surface area (Å²) in [5.74, 6) is 1.05. The van der Waals surface area contributed by atoms with E-state index < -0.39 is 0 Å². The second kappa shape index (κ2) is 8.53. The summed E-state index contributed by atoms with van der Waals surface area (Å²) < 4.78 is 0.830. The van der Waals surface area contributed by atoms with Crippen LogP contribution in [0.4, 0.5) is 0 Å². The number of hydrogen-bond acceptors (Lipinski definition) is 4. The number of aromatic nitrogens is 1. The van der Waals surface area contributed by atoms with E-state index in [-0.39, 0.29) is 11.9 Å². The smallest absolute Gasteiger partial charge is 0.255 e. The molecule has 3 heterocycles. The second-order valence-electron chi connectivity index (χ2n) is 7.65. The Balaban J connectivity index is 1.40. The first kappa shape index (κ1) is 19.8. The van der Waals surface area contributed by atoms with Crippen LogP contribution in [0.3, 0.4) is 0 Å². The van der Waals surface area contributed by atoms with Crippen molar-refractivity contribution in [3.8, 4) is 0 Å². The van der Waals surface area contributed by atoms with E-state index in [4.69, 9.17) is 0 Å². The number of fused-ring (bicyclic) bond motifs is 2. The maximum Gasteiger partial charge on any atom is 0.255 e. The van der Waals surface area contributed by atoms with Crippen LogP contribution < -0.4 is 0 Å². The van der Waals surface area contributed by atoms with E-state index in [2.05, 4.69) is 74.3 Å². The summed E-state index contributed by atoms with van der Waals surface area (Å²) in [4.78, 5) is 22.9. The van der Waals surface area contributed by atoms with Gasteiger partial charge in [-0.3, -0.25) is 14.7 Å². The topological polar surface area (TPSA) is 36.4 Å². The van der Waals surface area contributed by atoms with Crippen LogP contribution in [0.15, 0.2) is 76.4 Å². The molecule has 3 aromatic rings. The maximum atomic E-state index is 12.9. The lowest BCUT2D eigenvalue weighted by Crippen LogP contribution is -2.50. The third-order valence-electron chi connectivity index (χ3n) is 5.86. The first-order valence-electron chi connectivity index (χ1n) is 10.1. The third-order valence-corrected chi connectivity index (χ3v) is 7.44. The molecule has 0 spiro atoms. The number of halogens is 1. The molecule has 0 radical (unpaired) electrons. The van der Waals surface area contributed by atoms with Crippen molar-refractivity contribution in [3.05, 3.63) is 93.7 Å². The highest BCUT2D eigenvalue weighted by molar-refractivity contribution is 9.10. The van der Waals surface area contributed by atoms with Crippen molar-refractivity contribution in [2.75, 3.05) is 26.2 Å². The Labute approximate surface area is 189 Å². The Hall–Kier alpha value is -2.15. The molecule has 4 nitrogen and oxygen atoms in total. The number of carbonyl (C=O) groups excluding carboxylic acids is 1. The lowest BCUT2D eigenvalue weighted by Gasteiger charge is -2.40. The molecule has 152 valence electrons. The number of pyridine rings is 1. The first-order valence-corrected chi connectivity index (χ1v) is 11.9. The Kier molecular flexibility index (Phi) is 5.63. The molecule has 1 unspecified atom stereocenters. The van der Waals surface area contributed by atoms with Crippen molar-refractivity contribution in [1.29, 1.82) is 0 Å². The molecule has 1 amide bonds. The molecule has 2 aliphatic heterocycles. The first-order chi connectivity index (χ1) is 14.7. The van der Waals surface area contributed by atoms with E-state index >= 15 is 0 Å². The monoisotopic (exact) mass is 479 g/mol. The number of piperazine rings is 1. The highest BCUT2D eigenvalue weighted by Crippen LogP contribution is 2.42. The molecule has 30 heavy (non-hydrogen) atoms. The summed E-state index contributed by atoms with van der Waals surface area (Å²) in [5, 5.41) is 0.